The zero-order valence-electron chi connectivity index (χ0n) is 8.63. The first kappa shape index (κ1) is 11.0. The molecule has 0 heterocycles. The Balaban J connectivity index is 2.21. The third-order valence-electron chi connectivity index (χ3n) is 2.73. The van der Waals surface area contributed by atoms with Gasteiger partial charge >= 0.3 is 0 Å². The van der Waals surface area contributed by atoms with Gasteiger partial charge in [0, 0.05) is 0 Å². The van der Waals surface area contributed by atoms with Gasteiger partial charge in [-0.2, -0.15) is 0 Å². The normalized spacial score (nSPS) is 23.5. The van der Waals surface area contributed by atoms with Crippen LogP contribution in [0.5, 0.6) is 0 Å². The second kappa shape index (κ2) is 6.39. The first-order chi connectivity index (χ1) is 6.33. The van der Waals surface area contributed by atoms with E-state index in [1.54, 1.807) is 0 Å². The Labute approximate surface area is 81.3 Å². The summed E-state index contributed by atoms with van der Waals surface area (Å²) in [5.74, 6) is 0. The van der Waals surface area contributed by atoms with E-state index in [1.165, 1.54) is 32.1 Å². The number of hydrogen-bond acceptors (Lipinski definition) is 1. The maximum atomic E-state index is 11.1. The molecule has 0 aliphatic heterocycles. The second-order valence-corrected chi connectivity index (χ2v) is 3.94. The fourth-order valence-corrected chi connectivity index (χ4v) is 1.87. The Hall–Kier alpha value is -0.0800. The van der Waals surface area contributed by atoms with E-state index in [-0.39, 0.29) is 6.10 Å². The first-order valence-electron chi connectivity index (χ1n) is 5.64. The van der Waals surface area contributed by atoms with Crippen molar-refractivity contribution in [2.75, 3.05) is 0 Å². The minimum Gasteiger partial charge on any atom is -0.346 e. The molecule has 1 rings (SSSR count). The minimum atomic E-state index is -0.788. The highest BCUT2D eigenvalue weighted by molar-refractivity contribution is 4.63. The van der Waals surface area contributed by atoms with Crippen molar-refractivity contribution in [2.45, 2.75) is 70.7 Å². The van der Waals surface area contributed by atoms with Gasteiger partial charge < -0.3 is 4.74 Å². The molecule has 1 atom stereocenters. The molecule has 1 aliphatic carbocycles. The van der Waals surface area contributed by atoms with Gasteiger partial charge in [0.2, 0.25) is 0 Å². The van der Waals surface area contributed by atoms with Crippen LogP contribution in [-0.4, -0.2) is 12.4 Å². The Kier molecular flexibility index (Phi) is 5.40. The molecule has 1 unspecified atom stereocenters. The van der Waals surface area contributed by atoms with E-state index in [0.717, 1.165) is 12.8 Å². The van der Waals surface area contributed by atoms with Gasteiger partial charge in [0.15, 0.2) is 6.29 Å². The summed E-state index contributed by atoms with van der Waals surface area (Å²) >= 11 is 0. The minimum absolute atomic E-state index is 0.253. The van der Waals surface area contributed by atoms with Crippen LogP contribution in [0.15, 0.2) is 0 Å². The van der Waals surface area contributed by atoms with E-state index in [0.29, 0.717) is 6.42 Å². The van der Waals surface area contributed by atoms with Crippen molar-refractivity contribution in [3.8, 4) is 0 Å². The third kappa shape index (κ3) is 4.63. The lowest BCUT2D eigenvalue weighted by Crippen LogP contribution is -2.21. The fraction of sp³-hybridized carbons (Fsp3) is 1.00. The van der Waals surface area contributed by atoms with Gasteiger partial charge in [0.1, 0.15) is 0 Å². The van der Waals surface area contributed by atoms with Crippen molar-refractivity contribution in [3.05, 3.63) is 0 Å². The van der Waals surface area contributed by atoms with Crippen LogP contribution in [0.1, 0.15) is 58.3 Å². The molecule has 0 amide bonds. The Morgan fingerprint density at radius 3 is 2.23 bits per heavy atom. The molecule has 0 aromatic rings. The van der Waals surface area contributed by atoms with Gasteiger partial charge in [0.05, 0.1) is 6.10 Å². The fourth-order valence-electron chi connectivity index (χ4n) is 1.87. The maximum Gasteiger partial charge on any atom is 0.191 e. The largest absolute Gasteiger partial charge is 0.346 e. The van der Waals surface area contributed by atoms with Crippen molar-refractivity contribution in [1.29, 1.82) is 0 Å². The number of ether oxygens (including phenoxy) is 1. The van der Waals surface area contributed by atoms with Crippen molar-refractivity contribution in [2.24, 2.45) is 0 Å². The molecule has 0 N–H and O–H groups in total. The van der Waals surface area contributed by atoms with Crippen LogP contribution in [0.25, 0.3) is 0 Å². The van der Waals surface area contributed by atoms with Crippen LogP contribution in [0, 0.1) is 0 Å². The van der Waals surface area contributed by atoms with Gasteiger partial charge in [-0.25, -0.2) is 5.11 Å². The van der Waals surface area contributed by atoms with Gasteiger partial charge in [-0.3, -0.25) is 0 Å². The van der Waals surface area contributed by atoms with Crippen LogP contribution in [-0.2, 0) is 9.84 Å². The summed E-state index contributed by atoms with van der Waals surface area (Å²) in [5, 5.41) is 11.1. The molecule has 77 valence electrons. The van der Waals surface area contributed by atoms with E-state index in [9.17, 15) is 5.11 Å². The average Bonchev–Trinajstić information content (AvgIpc) is 2.09. The predicted octanol–water partition coefficient (Wildman–Crippen LogP) is 3.28. The molecule has 1 fully saturated rings. The second-order valence-electron chi connectivity index (χ2n) is 3.94. The summed E-state index contributed by atoms with van der Waals surface area (Å²) in [7, 11) is 0. The van der Waals surface area contributed by atoms with Crippen LogP contribution in [0.4, 0.5) is 0 Å². The molecule has 2 heteroatoms. The summed E-state index contributed by atoms with van der Waals surface area (Å²) in [6.07, 6.45) is 8.72. The van der Waals surface area contributed by atoms with E-state index in [1.807, 2.05) is 6.92 Å². The molecule has 1 saturated carbocycles. The maximum absolute atomic E-state index is 11.1. The summed E-state index contributed by atoms with van der Waals surface area (Å²) < 4.78 is 5.42. The molecule has 13 heavy (non-hydrogen) atoms. The van der Waals surface area contributed by atoms with Crippen molar-refractivity contribution < 1.29 is 9.84 Å². The Morgan fingerprint density at radius 2 is 1.69 bits per heavy atom. The first-order valence-corrected chi connectivity index (χ1v) is 5.64. The number of hydrogen-bond donors (Lipinski definition) is 0. The molecule has 0 spiro atoms. The number of rotatable bonds is 3. The van der Waals surface area contributed by atoms with Gasteiger partial charge in [-0.15, -0.1) is 0 Å². The zero-order chi connectivity index (χ0) is 9.52. The van der Waals surface area contributed by atoms with E-state index in [4.69, 9.17) is 4.74 Å². The zero-order valence-corrected chi connectivity index (χ0v) is 8.63. The monoisotopic (exact) mass is 185 g/mol. The molecule has 2 nitrogen and oxygen atoms in total. The molecule has 0 aromatic heterocycles. The lowest BCUT2D eigenvalue weighted by Gasteiger charge is -2.21. The predicted molar refractivity (Wildman–Crippen MR) is 52.0 cm³/mol. The Morgan fingerprint density at radius 1 is 1.15 bits per heavy atom. The lowest BCUT2D eigenvalue weighted by molar-refractivity contribution is -0.174. The molecular weight excluding hydrogens is 164 g/mol. The molecule has 0 saturated heterocycles. The van der Waals surface area contributed by atoms with E-state index in [2.05, 4.69) is 0 Å². The van der Waals surface area contributed by atoms with Crippen LogP contribution in [0.2, 0.25) is 0 Å². The topological polar surface area (TPSA) is 29.1 Å². The summed E-state index contributed by atoms with van der Waals surface area (Å²) in [4.78, 5) is 0. The lowest BCUT2D eigenvalue weighted by atomic mass is 9.98. The summed E-state index contributed by atoms with van der Waals surface area (Å²) in [5.41, 5.74) is 0. The average molecular weight is 185 g/mol. The molecule has 1 aliphatic rings. The van der Waals surface area contributed by atoms with E-state index >= 15 is 0 Å². The SMILES string of the molecule is CCC([O])OC1CCCCCCC1. The molecular formula is C11H21O2. The van der Waals surface area contributed by atoms with Crippen LogP contribution < -0.4 is 0 Å². The molecule has 0 aromatic carbocycles. The summed E-state index contributed by atoms with van der Waals surface area (Å²) in [6.45, 7) is 1.89. The highest BCUT2D eigenvalue weighted by Gasteiger charge is 2.15. The van der Waals surface area contributed by atoms with Gasteiger partial charge in [-0.1, -0.05) is 39.0 Å². The third-order valence-corrected chi connectivity index (χ3v) is 2.73. The van der Waals surface area contributed by atoms with Crippen molar-refractivity contribution in [3.63, 3.8) is 0 Å². The van der Waals surface area contributed by atoms with Crippen molar-refractivity contribution in [1.82, 2.24) is 0 Å². The van der Waals surface area contributed by atoms with Gasteiger partial charge in [0.25, 0.3) is 0 Å². The smallest absolute Gasteiger partial charge is 0.191 e. The van der Waals surface area contributed by atoms with Crippen LogP contribution in [0.3, 0.4) is 0 Å². The quantitative estimate of drug-likeness (QED) is 0.620. The highest BCUT2D eigenvalue weighted by atomic mass is 16.6. The standard InChI is InChI=1S/C11H21O2/c1-2-11(12)13-10-8-6-4-3-5-7-9-10/h10-11H,2-9H2,1H3. The van der Waals surface area contributed by atoms with Crippen LogP contribution >= 0.6 is 0 Å². The van der Waals surface area contributed by atoms with Crippen molar-refractivity contribution >= 4 is 0 Å². The van der Waals surface area contributed by atoms with Gasteiger partial charge in [-0.05, 0) is 19.3 Å². The van der Waals surface area contributed by atoms with E-state index < -0.39 is 6.29 Å². The molecule has 0 bridgehead atoms. The highest BCUT2D eigenvalue weighted by Crippen LogP contribution is 2.20. The molecule has 1 radical (unpaired) electrons. The Bertz CT molecular complexity index is 117. The summed E-state index contributed by atoms with van der Waals surface area (Å²) in [6, 6.07) is 0.